The van der Waals surface area contributed by atoms with Crippen LogP contribution in [0, 0.1) is 0 Å². The van der Waals surface area contributed by atoms with Crippen LogP contribution in [0.1, 0.15) is 36.8 Å². The molecule has 1 aromatic heterocycles. The second-order valence-electron chi connectivity index (χ2n) is 4.31. The molecule has 1 aromatic rings. The van der Waals surface area contributed by atoms with E-state index in [9.17, 15) is 4.79 Å². The molecule has 5 nitrogen and oxygen atoms in total. The van der Waals surface area contributed by atoms with Crippen molar-refractivity contribution in [1.82, 2.24) is 15.1 Å². The number of ether oxygens (including phenoxy) is 1. The highest BCUT2D eigenvalue weighted by Crippen LogP contribution is 2.07. The van der Waals surface area contributed by atoms with Gasteiger partial charge in [-0.25, -0.2) is 0 Å². The van der Waals surface area contributed by atoms with Crippen molar-refractivity contribution in [3.63, 3.8) is 0 Å². The fourth-order valence-electron chi connectivity index (χ4n) is 1.65. The van der Waals surface area contributed by atoms with Crippen molar-refractivity contribution < 1.29 is 9.53 Å². The molecule has 0 spiro atoms. The Bertz CT molecular complexity index is 367. The van der Waals surface area contributed by atoms with Gasteiger partial charge in [-0.2, -0.15) is 5.10 Å². The molecule has 0 unspecified atom stereocenters. The highest BCUT2D eigenvalue weighted by atomic mass is 16.5. The molecule has 0 aliphatic carbocycles. The van der Waals surface area contributed by atoms with Crippen molar-refractivity contribution in [3.05, 3.63) is 18.0 Å². The average Bonchev–Trinajstić information content (AvgIpc) is 2.86. The van der Waals surface area contributed by atoms with E-state index in [0.29, 0.717) is 12.3 Å². The summed E-state index contributed by atoms with van der Waals surface area (Å²) in [6, 6.07) is 2.15. The van der Waals surface area contributed by atoms with Crippen LogP contribution in [0.25, 0.3) is 0 Å². The first-order chi connectivity index (χ1) is 7.66. The lowest BCUT2D eigenvalue weighted by Gasteiger charge is -2.09. The maximum Gasteiger partial charge on any atom is 0.272 e. The minimum absolute atomic E-state index is 0.116. The molecule has 1 amide bonds. The van der Waals surface area contributed by atoms with Gasteiger partial charge in [0.2, 0.25) is 0 Å². The molecule has 0 aromatic carbocycles. The van der Waals surface area contributed by atoms with E-state index in [0.717, 1.165) is 13.0 Å². The quantitative estimate of drug-likeness (QED) is 0.831. The fourth-order valence-corrected chi connectivity index (χ4v) is 1.65. The van der Waals surface area contributed by atoms with Gasteiger partial charge in [0.25, 0.3) is 5.91 Å². The van der Waals surface area contributed by atoms with Gasteiger partial charge in [0, 0.05) is 18.8 Å². The van der Waals surface area contributed by atoms with Gasteiger partial charge in [-0.15, -0.1) is 0 Å². The second-order valence-corrected chi connectivity index (χ2v) is 4.31. The van der Waals surface area contributed by atoms with Crippen LogP contribution in [0.3, 0.4) is 0 Å². The number of carbonyl (C=O) groups is 1. The van der Waals surface area contributed by atoms with E-state index >= 15 is 0 Å². The van der Waals surface area contributed by atoms with Gasteiger partial charge in [0.05, 0.1) is 12.6 Å². The molecule has 1 aliphatic rings. The lowest BCUT2D eigenvalue weighted by atomic mass is 10.2. The van der Waals surface area contributed by atoms with Crippen LogP contribution in [-0.4, -0.2) is 34.9 Å². The first-order valence-corrected chi connectivity index (χ1v) is 5.60. The molecule has 88 valence electrons. The number of carbonyl (C=O) groups excluding carboxylic acids is 1. The molecule has 16 heavy (non-hydrogen) atoms. The molecular formula is C11H17N3O2. The first kappa shape index (κ1) is 11.1. The molecule has 0 saturated carbocycles. The van der Waals surface area contributed by atoms with Crippen LogP contribution >= 0.6 is 0 Å². The normalized spacial score (nSPS) is 20.3. The van der Waals surface area contributed by atoms with Crippen molar-refractivity contribution in [3.8, 4) is 0 Å². The summed E-state index contributed by atoms with van der Waals surface area (Å²) in [5.41, 5.74) is 0.473. The molecule has 0 radical (unpaired) electrons. The average molecular weight is 223 g/mol. The molecule has 1 fully saturated rings. The van der Waals surface area contributed by atoms with Gasteiger partial charge in [0.1, 0.15) is 5.69 Å². The Balaban J connectivity index is 1.97. The summed E-state index contributed by atoms with van der Waals surface area (Å²) in [5, 5.41) is 7.12. The SMILES string of the molecule is CC(C)n1ccc(C(=O)N[C@@H]2CCOC2)n1. The number of hydrogen-bond acceptors (Lipinski definition) is 3. The number of aromatic nitrogens is 2. The Morgan fingerprint density at radius 3 is 3.06 bits per heavy atom. The Morgan fingerprint density at radius 2 is 2.50 bits per heavy atom. The van der Waals surface area contributed by atoms with Crippen molar-refractivity contribution >= 4 is 5.91 Å². The van der Waals surface area contributed by atoms with E-state index in [2.05, 4.69) is 10.4 Å². The molecule has 5 heteroatoms. The lowest BCUT2D eigenvalue weighted by Crippen LogP contribution is -2.35. The highest BCUT2D eigenvalue weighted by molar-refractivity contribution is 5.92. The van der Waals surface area contributed by atoms with Gasteiger partial charge in [-0.1, -0.05) is 0 Å². The van der Waals surface area contributed by atoms with Crippen LogP contribution < -0.4 is 5.32 Å². The molecule has 0 bridgehead atoms. The molecule has 1 N–H and O–H groups in total. The maximum atomic E-state index is 11.8. The van der Waals surface area contributed by atoms with E-state index in [1.807, 2.05) is 20.0 Å². The topological polar surface area (TPSA) is 56.2 Å². The summed E-state index contributed by atoms with van der Waals surface area (Å²) in [4.78, 5) is 11.8. The largest absolute Gasteiger partial charge is 0.379 e. The smallest absolute Gasteiger partial charge is 0.272 e. The minimum atomic E-state index is -0.116. The number of nitrogens with one attached hydrogen (secondary N) is 1. The van der Waals surface area contributed by atoms with Gasteiger partial charge in [-0.05, 0) is 26.3 Å². The number of nitrogens with zero attached hydrogens (tertiary/aromatic N) is 2. The van der Waals surface area contributed by atoms with Crippen LogP contribution in [0.4, 0.5) is 0 Å². The van der Waals surface area contributed by atoms with Crippen molar-refractivity contribution in [2.75, 3.05) is 13.2 Å². The van der Waals surface area contributed by atoms with Gasteiger partial charge in [0.15, 0.2) is 0 Å². The third-order valence-corrected chi connectivity index (χ3v) is 2.63. The van der Waals surface area contributed by atoms with E-state index < -0.39 is 0 Å². The van der Waals surface area contributed by atoms with Gasteiger partial charge < -0.3 is 10.1 Å². The molecule has 1 saturated heterocycles. The summed E-state index contributed by atoms with van der Waals surface area (Å²) in [7, 11) is 0. The van der Waals surface area contributed by atoms with E-state index in [1.165, 1.54) is 0 Å². The Hall–Kier alpha value is -1.36. The summed E-state index contributed by atoms with van der Waals surface area (Å²) < 4.78 is 6.97. The summed E-state index contributed by atoms with van der Waals surface area (Å²) in [5.74, 6) is -0.116. The monoisotopic (exact) mass is 223 g/mol. The van der Waals surface area contributed by atoms with E-state index in [1.54, 1.807) is 10.7 Å². The number of amides is 1. The van der Waals surface area contributed by atoms with Crippen LogP contribution in [0.15, 0.2) is 12.3 Å². The molecule has 2 rings (SSSR count). The van der Waals surface area contributed by atoms with Crippen molar-refractivity contribution in [1.29, 1.82) is 0 Å². The highest BCUT2D eigenvalue weighted by Gasteiger charge is 2.19. The Morgan fingerprint density at radius 1 is 1.69 bits per heavy atom. The summed E-state index contributed by atoms with van der Waals surface area (Å²) in [6.45, 7) is 5.39. The molecule has 1 aliphatic heterocycles. The van der Waals surface area contributed by atoms with Gasteiger partial charge >= 0.3 is 0 Å². The zero-order valence-corrected chi connectivity index (χ0v) is 9.64. The lowest BCUT2D eigenvalue weighted by molar-refractivity contribution is 0.0924. The summed E-state index contributed by atoms with van der Waals surface area (Å²) in [6.07, 6.45) is 2.71. The Labute approximate surface area is 94.8 Å². The molecule has 1 atom stereocenters. The minimum Gasteiger partial charge on any atom is -0.379 e. The fraction of sp³-hybridized carbons (Fsp3) is 0.636. The predicted molar refractivity (Wildman–Crippen MR) is 59.3 cm³/mol. The third kappa shape index (κ3) is 2.41. The Kier molecular flexibility index (Phi) is 3.24. The predicted octanol–water partition coefficient (Wildman–Crippen LogP) is 0.983. The zero-order chi connectivity index (χ0) is 11.5. The van der Waals surface area contributed by atoms with Gasteiger partial charge in [-0.3, -0.25) is 9.48 Å². The number of hydrogen-bond donors (Lipinski definition) is 1. The zero-order valence-electron chi connectivity index (χ0n) is 9.64. The van der Waals surface area contributed by atoms with E-state index in [4.69, 9.17) is 4.74 Å². The third-order valence-electron chi connectivity index (χ3n) is 2.63. The van der Waals surface area contributed by atoms with Crippen LogP contribution in [0.2, 0.25) is 0 Å². The first-order valence-electron chi connectivity index (χ1n) is 5.60. The molecule has 2 heterocycles. The van der Waals surface area contributed by atoms with Crippen LogP contribution in [-0.2, 0) is 4.74 Å². The van der Waals surface area contributed by atoms with Crippen molar-refractivity contribution in [2.24, 2.45) is 0 Å². The molecular weight excluding hydrogens is 206 g/mol. The summed E-state index contributed by atoms with van der Waals surface area (Å²) >= 11 is 0. The second kappa shape index (κ2) is 4.65. The van der Waals surface area contributed by atoms with Crippen molar-refractivity contribution in [2.45, 2.75) is 32.4 Å². The standard InChI is InChI=1S/C11H17N3O2/c1-8(2)14-5-3-10(13-14)11(15)12-9-4-6-16-7-9/h3,5,8-9H,4,6-7H2,1-2H3,(H,12,15)/t9-/m1/s1. The number of rotatable bonds is 3. The maximum absolute atomic E-state index is 11.8. The van der Waals surface area contributed by atoms with E-state index in [-0.39, 0.29) is 18.0 Å². The van der Waals surface area contributed by atoms with Crippen LogP contribution in [0.5, 0.6) is 0 Å².